The molecule has 0 aliphatic heterocycles. The van der Waals surface area contributed by atoms with Gasteiger partial charge >= 0.3 is 0 Å². The summed E-state index contributed by atoms with van der Waals surface area (Å²) in [5.41, 5.74) is 5.48. The third-order valence-electron chi connectivity index (χ3n) is 3.56. The van der Waals surface area contributed by atoms with E-state index in [1.165, 1.54) is 22.3 Å². The summed E-state index contributed by atoms with van der Waals surface area (Å²) in [6.07, 6.45) is 2.19. The molecule has 0 radical (unpaired) electrons. The van der Waals surface area contributed by atoms with Gasteiger partial charge in [0.2, 0.25) is 0 Å². The summed E-state index contributed by atoms with van der Waals surface area (Å²) in [4.78, 5) is 0. The quantitative estimate of drug-likeness (QED) is 0.441. The Hall–Kier alpha value is -0.780. The molecule has 80 valence electrons. The minimum absolute atomic E-state index is 0.151. The SMILES string of the molecule is C=C(C)/C(C)=C(\C)C(C)(C)C(C)=CC. The Balaban J connectivity index is 5.31. The first-order valence-corrected chi connectivity index (χ1v) is 5.22. The normalized spacial score (nSPS) is 15.2. The zero-order chi connectivity index (χ0) is 11.5. The molecule has 0 unspecified atom stereocenters. The van der Waals surface area contributed by atoms with E-state index in [9.17, 15) is 0 Å². The Morgan fingerprint density at radius 2 is 1.50 bits per heavy atom. The van der Waals surface area contributed by atoms with E-state index in [1.54, 1.807) is 0 Å². The van der Waals surface area contributed by atoms with Crippen molar-refractivity contribution in [3.8, 4) is 0 Å². The second-order valence-corrected chi connectivity index (χ2v) is 4.63. The van der Waals surface area contributed by atoms with Crippen LogP contribution in [0.5, 0.6) is 0 Å². The van der Waals surface area contributed by atoms with Gasteiger partial charge in [-0.25, -0.2) is 0 Å². The van der Waals surface area contributed by atoms with Crippen LogP contribution in [0.3, 0.4) is 0 Å². The van der Waals surface area contributed by atoms with E-state index in [4.69, 9.17) is 0 Å². The fraction of sp³-hybridized carbons (Fsp3) is 0.571. The zero-order valence-corrected chi connectivity index (χ0v) is 10.8. The third kappa shape index (κ3) is 2.60. The molecule has 0 aromatic heterocycles. The maximum absolute atomic E-state index is 4.00. The molecule has 0 atom stereocenters. The predicted octanol–water partition coefficient (Wildman–Crippen LogP) is 4.89. The van der Waals surface area contributed by atoms with E-state index < -0.39 is 0 Å². The van der Waals surface area contributed by atoms with Crippen LogP contribution in [0.1, 0.15) is 48.5 Å². The molecule has 0 aromatic carbocycles. The summed E-state index contributed by atoms with van der Waals surface area (Å²) in [5.74, 6) is 0. The lowest BCUT2D eigenvalue weighted by atomic mass is 9.76. The smallest absolute Gasteiger partial charge is 0.00641 e. The van der Waals surface area contributed by atoms with Gasteiger partial charge in [-0.2, -0.15) is 0 Å². The van der Waals surface area contributed by atoms with Gasteiger partial charge < -0.3 is 0 Å². The van der Waals surface area contributed by atoms with Crippen LogP contribution in [-0.4, -0.2) is 0 Å². The lowest BCUT2D eigenvalue weighted by Crippen LogP contribution is -2.16. The van der Waals surface area contributed by atoms with Crippen LogP contribution in [0.2, 0.25) is 0 Å². The monoisotopic (exact) mass is 192 g/mol. The molecule has 0 heteroatoms. The molecule has 0 amide bonds. The zero-order valence-electron chi connectivity index (χ0n) is 10.8. The van der Waals surface area contributed by atoms with Crippen molar-refractivity contribution >= 4 is 0 Å². The molecule has 0 saturated carbocycles. The fourth-order valence-electron chi connectivity index (χ4n) is 1.45. The molecule has 0 bridgehead atoms. The van der Waals surface area contributed by atoms with Gasteiger partial charge in [0.1, 0.15) is 0 Å². The van der Waals surface area contributed by atoms with E-state index in [0.29, 0.717) is 0 Å². The van der Waals surface area contributed by atoms with Crippen molar-refractivity contribution in [2.24, 2.45) is 5.41 Å². The summed E-state index contributed by atoms with van der Waals surface area (Å²) >= 11 is 0. The molecule has 14 heavy (non-hydrogen) atoms. The number of rotatable bonds is 3. The third-order valence-corrected chi connectivity index (χ3v) is 3.56. The first-order valence-electron chi connectivity index (χ1n) is 5.22. The van der Waals surface area contributed by atoms with E-state index in [0.717, 1.165) is 0 Å². The molecule has 0 aromatic rings. The van der Waals surface area contributed by atoms with Crippen molar-refractivity contribution in [1.82, 2.24) is 0 Å². The molecule has 0 aliphatic carbocycles. The second kappa shape index (κ2) is 4.63. The molecule has 0 aliphatic rings. The number of hydrogen-bond acceptors (Lipinski definition) is 0. The Labute approximate surface area is 89.4 Å². The van der Waals surface area contributed by atoms with Gasteiger partial charge in [0.15, 0.2) is 0 Å². The molecule has 0 rings (SSSR count). The molecule has 0 saturated heterocycles. The van der Waals surface area contributed by atoms with Crippen LogP contribution in [-0.2, 0) is 0 Å². The second-order valence-electron chi connectivity index (χ2n) is 4.63. The summed E-state index contributed by atoms with van der Waals surface area (Å²) in [7, 11) is 0. The van der Waals surface area contributed by atoms with Crippen LogP contribution in [0, 0.1) is 5.41 Å². The van der Waals surface area contributed by atoms with Crippen molar-refractivity contribution in [1.29, 1.82) is 0 Å². The summed E-state index contributed by atoms with van der Waals surface area (Å²) < 4.78 is 0. The standard InChI is InChI=1S/C14H24/c1-9-11(4)14(7,8)13(6)12(5)10(2)3/h9H,2H2,1,3-8H3/b11-9?,13-12+. The summed E-state index contributed by atoms with van der Waals surface area (Å²) in [6.45, 7) is 19.3. The van der Waals surface area contributed by atoms with Gasteiger partial charge in [0, 0.05) is 5.41 Å². The largest absolute Gasteiger partial charge is 0.0958 e. The minimum atomic E-state index is 0.151. The predicted molar refractivity (Wildman–Crippen MR) is 66.4 cm³/mol. The average Bonchev–Trinajstić information content (AvgIpc) is 2.13. The summed E-state index contributed by atoms with van der Waals surface area (Å²) in [6, 6.07) is 0. The highest BCUT2D eigenvalue weighted by Gasteiger charge is 2.23. The highest BCUT2D eigenvalue weighted by molar-refractivity contribution is 5.36. The summed E-state index contributed by atoms with van der Waals surface area (Å²) in [5, 5.41) is 0. The Morgan fingerprint density at radius 3 is 1.79 bits per heavy atom. The van der Waals surface area contributed by atoms with Gasteiger partial charge in [-0.1, -0.05) is 43.2 Å². The first-order chi connectivity index (χ1) is 6.25. The topological polar surface area (TPSA) is 0 Å². The number of allylic oxidation sites excluding steroid dienone is 5. The van der Waals surface area contributed by atoms with Crippen molar-refractivity contribution in [3.63, 3.8) is 0 Å². The van der Waals surface area contributed by atoms with E-state index in [1.807, 2.05) is 0 Å². The first kappa shape index (κ1) is 13.2. The average molecular weight is 192 g/mol. The lowest BCUT2D eigenvalue weighted by Gasteiger charge is -2.29. The Bertz CT molecular complexity index is 285. The van der Waals surface area contributed by atoms with Gasteiger partial charge in [-0.15, -0.1) is 0 Å². The van der Waals surface area contributed by atoms with Gasteiger partial charge in [0.25, 0.3) is 0 Å². The Kier molecular flexibility index (Phi) is 4.38. The van der Waals surface area contributed by atoms with E-state index >= 15 is 0 Å². The lowest BCUT2D eigenvalue weighted by molar-refractivity contribution is 0.532. The van der Waals surface area contributed by atoms with Gasteiger partial charge in [-0.3, -0.25) is 0 Å². The molecule has 0 heterocycles. The number of hydrogen-bond donors (Lipinski definition) is 0. The van der Waals surface area contributed by atoms with Crippen LogP contribution in [0.25, 0.3) is 0 Å². The molecule has 0 spiro atoms. The van der Waals surface area contributed by atoms with Crippen molar-refractivity contribution in [3.05, 3.63) is 34.9 Å². The van der Waals surface area contributed by atoms with E-state index in [-0.39, 0.29) is 5.41 Å². The van der Waals surface area contributed by atoms with E-state index in [2.05, 4.69) is 61.1 Å². The highest BCUT2D eigenvalue weighted by Crippen LogP contribution is 2.36. The van der Waals surface area contributed by atoms with Crippen LogP contribution < -0.4 is 0 Å². The van der Waals surface area contributed by atoms with Crippen molar-refractivity contribution in [2.45, 2.75) is 48.5 Å². The van der Waals surface area contributed by atoms with Crippen molar-refractivity contribution in [2.75, 3.05) is 0 Å². The maximum Gasteiger partial charge on any atom is 0.00641 e. The fourth-order valence-corrected chi connectivity index (χ4v) is 1.45. The molecular formula is C14H24. The minimum Gasteiger partial charge on any atom is -0.0958 e. The van der Waals surface area contributed by atoms with Crippen LogP contribution in [0.15, 0.2) is 34.9 Å². The molecule has 0 fully saturated rings. The molecule has 0 N–H and O–H groups in total. The molecular weight excluding hydrogens is 168 g/mol. The highest BCUT2D eigenvalue weighted by atomic mass is 14.3. The van der Waals surface area contributed by atoms with Crippen molar-refractivity contribution < 1.29 is 0 Å². The van der Waals surface area contributed by atoms with Gasteiger partial charge in [-0.05, 0) is 40.2 Å². The Morgan fingerprint density at radius 1 is 1.07 bits per heavy atom. The van der Waals surface area contributed by atoms with Gasteiger partial charge in [0.05, 0.1) is 0 Å². The van der Waals surface area contributed by atoms with Crippen LogP contribution >= 0.6 is 0 Å². The maximum atomic E-state index is 4.00. The van der Waals surface area contributed by atoms with Crippen LogP contribution in [0.4, 0.5) is 0 Å². The molecule has 0 nitrogen and oxygen atoms in total.